The zero-order chi connectivity index (χ0) is 10.3. The van der Waals surface area contributed by atoms with E-state index in [1.165, 1.54) is 0 Å². The highest BCUT2D eigenvalue weighted by Crippen LogP contribution is 2.23. The van der Waals surface area contributed by atoms with E-state index in [9.17, 15) is 13.2 Å². The van der Waals surface area contributed by atoms with Gasteiger partial charge in [-0.15, -0.1) is 0 Å². The maximum absolute atomic E-state index is 11.8. The second kappa shape index (κ2) is 6.24. The molecule has 0 radical (unpaired) electrons. The molecule has 0 aromatic heterocycles. The second-order valence-electron chi connectivity index (χ2n) is 3.26. The minimum Gasteiger partial charge on any atom is -0.384 e. The Morgan fingerprint density at radius 3 is 2.08 bits per heavy atom. The van der Waals surface area contributed by atoms with Crippen molar-refractivity contribution >= 4 is 0 Å². The fourth-order valence-electron chi connectivity index (χ4n) is 1.10. The number of aliphatic hydroxyl groups excluding tert-OH is 1. The van der Waals surface area contributed by atoms with Crippen LogP contribution in [0.4, 0.5) is 13.2 Å². The van der Waals surface area contributed by atoms with Crippen molar-refractivity contribution in [3.05, 3.63) is 0 Å². The van der Waals surface area contributed by atoms with E-state index in [1.807, 2.05) is 6.92 Å². The minimum absolute atomic E-state index is 0.160. The summed E-state index contributed by atoms with van der Waals surface area (Å²) >= 11 is 0. The minimum atomic E-state index is -4.44. The first-order valence-corrected chi connectivity index (χ1v) is 4.73. The molecule has 0 rings (SSSR count). The molecule has 0 aromatic rings. The lowest BCUT2D eigenvalue weighted by Crippen LogP contribution is -2.28. The van der Waals surface area contributed by atoms with Crippen molar-refractivity contribution in [2.75, 3.05) is 0 Å². The summed E-state index contributed by atoms with van der Waals surface area (Å²) in [5.74, 6) is 0. The van der Waals surface area contributed by atoms with Gasteiger partial charge in [0.25, 0.3) is 0 Å². The van der Waals surface area contributed by atoms with Crippen molar-refractivity contribution in [3.63, 3.8) is 0 Å². The third kappa shape index (κ3) is 6.87. The van der Waals surface area contributed by atoms with Gasteiger partial charge in [0, 0.05) is 0 Å². The highest BCUT2D eigenvalue weighted by Gasteiger charge is 2.37. The van der Waals surface area contributed by atoms with Gasteiger partial charge in [-0.05, 0) is 6.42 Å². The van der Waals surface area contributed by atoms with Gasteiger partial charge in [0.2, 0.25) is 0 Å². The summed E-state index contributed by atoms with van der Waals surface area (Å²) in [7, 11) is 0. The average Bonchev–Trinajstić information content (AvgIpc) is 2.02. The third-order valence-electron chi connectivity index (χ3n) is 1.96. The molecule has 1 atom stereocenters. The van der Waals surface area contributed by atoms with Crippen LogP contribution in [-0.2, 0) is 0 Å². The molecule has 1 nitrogen and oxygen atoms in total. The van der Waals surface area contributed by atoms with E-state index in [-0.39, 0.29) is 6.42 Å². The summed E-state index contributed by atoms with van der Waals surface area (Å²) < 4.78 is 35.3. The van der Waals surface area contributed by atoms with Crippen LogP contribution in [0, 0.1) is 0 Å². The van der Waals surface area contributed by atoms with E-state index in [0.29, 0.717) is 6.42 Å². The maximum atomic E-state index is 11.8. The van der Waals surface area contributed by atoms with Gasteiger partial charge in [-0.25, -0.2) is 0 Å². The lowest BCUT2D eigenvalue weighted by Gasteiger charge is -2.13. The van der Waals surface area contributed by atoms with Crippen molar-refractivity contribution in [3.8, 4) is 0 Å². The Labute approximate surface area is 76.9 Å². The molecule has 80 valence electrons. The Balaban J connectivity index is 3.32. The fourth-order valence-corrected chi connectivity index (χ4v) is 1.10. The fraction of sp³-hybridized carbons (Fsp3) is 1.00. The molecule has 13 heavy (non-hydrogen) atoms. The molecule has 0 aliphatic carbocycles. The van der Waals surface area contributed by atoms with Crippen LogP contribution in [0.1, 0.15) is 45.4 Å². The molecule has 0 aliphatic rings. The molecule has 0 saturated carbocycles. The summed E-state index contributed by atoms with van der Waals surface area (Å²) in [5.41, 5.74) is 0. The maximum Gasteiger partial charge on any atom is 0.414 e. The lowest BCUT2D eigenvalue weighted by atomic mass is 10.1. The van der Waals surface area contributed by atoms with E-state index in [4.69, 9.17) is 5.11 Å². The van der Waals surface area contributed by atoms with E-state index in [2.05, 4.69) is 0 Å². The van der Waals surface area contributed by atoms with E-state index < -0.39 is 12.3 Å². The van der Waals surface area contributed by atoms with Crippen LogP contribution in [-0.4, -0.2) is 17.4 Å². The molecule has 0 heterocycles. The zero-order valence-electron chi connectivity index (χ0n) is 7.90. The third-order valence-corrected chi connectivity index (χ3v) is 1.96. The number of halogens is 3. The van der Waals surface area contributed by atoms with E-state index in [0.717, 1.165) is 25.7 Å². The summed E-state index contributed by atoms with van der Waals surface area (Å²) in [4.78, 5) is 0. The number of rotatable bonds is 6. The van der Waals surface area contributed by atoms with E-state index in [1.54, 1.807) is 0 Å². The molecule has 0 spiro atoms. The van der Waals surface area contributed by atoms with Crippen LogP contribution in [0.3, 0.4) is 0 Å². The van der Waals surface area contributed by atoms with Gasteiger partial charge in [-0.1, -0.05) is 39.0 Å². The Morgan fingerprint density at radius 2 is 1.62 bits per heavy atom. The summed E-state index contributed by atoms with van der Waals surface area (Å²) in [6, 6.07) is 0. The molecule has 0 unspecified atom stereocenters. The Morgan fingerprint density at radius 1 is 1.08 bits per heavy atom. The van der Waals surface area contributed by atoms with Crippen LogP contribution in [0.25, 0.3) is 0 Å². The quantitative estimate of drug-likeness (QED) is 0.649. The Hall–Kier alpha value is -0.250. The molecule has 0 bridgehead atoms. The lowest BCUT2D eigenvalue weighted by molar-refractivity contribution is -0.205. The van der Waals surface area contributed by atoms with Crippen LogP contribution >= 0.6 is 0 Å². The molecule has 1 N–H and O–H groups in total. The predicted molar refractivity (Wildman–Crippen MR) is 45.4 cm³/mol. The van der Waals surface area contributed by atoms with Crippen LogP contribution in [0.2, 0.25) is 0 Å². The van der Waals surface area contributed by atoms with Crippen LogP contribution in [0.15, 0.2) is 0 Å². The number of unbranched alkanes of at least 4 members (excludes halogenated alkanes) is 4. The number of aliphatic hydroxyl groups is 1. The summed E-state index contributed by atoms with van der Waals surface area (Å²) in [6.07, 6.45) is -2.40. The SMILES string of the molecule is CCCCCCC[C@@H](O)C(F)(F)F. The highest BCUT2D eigenvalue weighted by molar-refractivity contribution is 4.64. The summed E-state index contributed by atoms with van der Waals surface area (Å²) in [6.45, 7) is 2.05. The van der Waals surface area contributed by atoms with Crippen molar-refractivity contribution in [2.45, 2.75) is 57.7 Å². The van der Waals surface area contributed by atoms with Gasteiger partial charge in [-0.2, -0.15) is 13.2 Å². The monoisotopic (exact) mass is 198 g/mol. The first kappa shape index (κ1) is 12.8. The van der Waals surface area contributed by atoms with Crippen molar-refractivity contribution < 1.29 is 18.3 Å². The van der Waals surface area contributed by atoms with Gasteiger partial charge in [-0.3, -0.25) is 0 Å². The zero-order valence-corrected chi connectivity index (χ0v) is 7.90. The smallest absolute Gasteiger partial charge is 0.384 e. The van der Waals surface area contributed by atoms with Crippen molar-refractivity contribution in [2.24, 2.45) is 0 Å². The average molecular weight is 198 g/mol. The molecular weight excluding hydrogens is 181 g/mol. The Kier molecular flexibility index (Phi) is 6.12. The number of hydrogen-bond donors (Lipinski definition) is 1. The van der Waals surface area contributed by atoms with Gasteiger partial charge >= 0.3 is 6.18 Å². The topological polar surface area (TPSA) is 20.2 Å². The highest BCUT2D eigenvalue weighted by atomic mass is 19.4. The van der Waals surface area contributed by atoms with Gasteiger partial charge in [0.15, 0.2) is 0 Å². The van der Waals surface area contributed by atoms with Gasteiger partial charge in [0.1, 0.15) is 6.10 Å². The van der Waals surface area contributed by atoms with Crippen LogP contribution in [0.5, 0.6) is 0 Å². The molecule has 0 fully saturated rings. The first-order valence-electron chi connectivity index (χ1n) is 4.73. The molecule has 0 aromatic carbocycles. The number of alkyl halides is 3. The van der Waals surface area contributed by atoms with E-state index >= 15 is 0 Å². The predicted octanol–water partition coefficient (Wildman–Crippen LogP) is 3.27. The molecule has 0 saturated heterocycles. The second-order valence-corrected chi connectivity index (χ2v) is 3.26. The van der Waals surface area contributed by atoms with Crippen molar-refractivity contribution in [1.82, 2.24) is 0 Å². The molecule has 0 amide bonds. The van der Waals surface area contributed by atoms with Gasteiger partial charge < -0.3 is 5.11 Å². The molecule has 4 heteroatoms. The van der Waals surface area contributed by atoms with Gasteiger partial charge in [0.05, 0.1) is 0 Å². The molecular formula is C9H17F3O. The van der Waals surface area contributed by atoms with Crippen molar-refractivity contribution in [1.29, 1.82) is 0 Å². The van der Waals surface area contributed by atoms with Crippen LogP contribution < -0.4 is 0 Å². The first-order chi connectivity index (χ1) is 5.98. The largest absolute Gasteiger partial charge is 0.414 e. The number of hydrogen-bond acceptors (Lipinski definition) is 1. The standard InChI is InChI=1S/C9H17F3O/c1-2-3-4-5-6-7-8(13)9(10,11)12/h8,13H,2-7H2,1H3/t8-/m1/s1. The Bertz CT molecular complexity index is 123. The normalized spacial score (nSPS) is 14.5. The molecule has 0 aliphatic heterocycles. The summed E-state index contributed by atoms with van der Waals surface area (Å²) in [5, 5.41) is 8.62.